The predicted molar refractivity (Wildman–Crippen MR) is 75.1 cm³/mol. The molecule has 5 nitrogen and oxygen atoms in total. The van der Waals surface area contributed by atoms with Crippen LogP contribution in [0.2, 0.25) is 5.02 Å². The van der Waals surface area contributed by atoms with Gasteiger partial charge in [-0.1, -0.05) is 25.4 Å². The molecule has 2 rings (SSSR count). The molecule has 1 N–H and O–H groups in total. The van der Waals surface area contributed by atoms with E-state index in [4.69, 9.17) is 11.6 Å². The zero-order valence-corrected chi connectivity index (χ0v) is 11.9. The Labute approximate surface area is 118 Å². The fourth-order valence-electron chi connectivity index (χ4n) is 2.07. The molecule has 2 aromatic heterocycles. The maximum atomic E-state index is 6.29. The standard InChI is InChI=1S/C13H18ClN5/c1-3-7-19-13(10(14)8-18-19)12(16-4-2)11-5-6-15-9-17-11/h5-6,8-9,12,16H,3-4,7H2,1-2H3. The first-order valence-corrected chi connectivity index (χ1v) is 6.86. The van der Waals surface area contributed by atoms with Gasteiger partial charge in [0.1, 0.15) is 6.33 Å². The van der Waals surface area contributed by atoms with Crippen molar-refractivity contribution in [1.82, 2.24) is 25.1 Å². The van der Waals surface area contributed by atoms with E-state index in [-0.39, 0.29) is 6.04 Å². The summed E-state index contributed by atoms with van der Waals surface area (Å²) >= 11 is 6.29. The summed E-state index contributed by atoms with van der Waals surface area (Å²) in [5.74, 6) is 0. The molecule has 0 radical (unpaired) electrons. The Morgan fingerprint density at radius 2 is 2.26 bits per heavy atom. The molecular formula is C13H18ClN5. The summed E-state index contributed by atoms with van der Waals surface area (Å²) in [4.78, 5) is 8.28. The fraction of sp³-hybridized carbons (Fsp3) is 0.462. The summed E-state index contributed by atoms with van der Waals surface area (Å²) in [6, 6.07) is 1.84. The topological polar surface area (TPSA) is 55.6 Å². The number of nitrogens with zero attached hydrogens (tertiary/aromatic N) is 4. The average molecular weight is 280 g/mol. The lowest BCUT2D eigenvalue weighted by atomic mass is 10.1. The monoisotopic (exact) mass is 279 g/mol. The van der Waals surface area contributed by atoms with Gasteiger partial charge in [0.2, 0.25) is 0 Å². The van der Waals surface area contributed by atoms with E-state index in [1.165, 1.54) is 0 Å². The molecule has 0 bridgehead atoms. The van der Waals surface area contributed by atoms with Gasteiger partial charge in [0.15, 0.2) is 0 Å². The van der Waals surface area contributed by atoms with Crippen molar-refractivity contribution in [2.75, 3.05) is 6.54 Å². The van der Waals surface area contributed by atoms with Crippen LogP contribution in [-0.4, -0.2) is 26.3 Å². The molecule has 0 aliphatic heterocycles. The van der Waals surface area contributed by atoms with Gasteiger partial charge in [-0.3, -0.25) is 4.68 Å². The van der Waals surface area contributed by atoms with Gasteiger partial charge in [-0.25, -0.2) is 9.97 Å². The molecule has 0 fully saturated rings. The van der Waals surface area contributed by atoms with Crippen molar-refractivity contribution in [2.24, 2.45) is 0 Å². The van der Waals surface area contributed by atoms with E-state index >= 15 is 0 Å². The fourth-order valence-corrected chi connectivity index (χ4v) is 2.32. The highest BCUT2D eigenvalue weighted by Gasteiger charge is 2.22. The molecule has 1 unspecified atom stereocenters. The quantitative estimate of drug-likeness (QED) is 0.882. The molecule has 0 aliphatic carbocycles. The zero-order valence-electron chi connectivity index (χ0n) is 11.2. The van der Waals surface area contributed by atoms with Crippen molar-refractivity contribution < 1.29 is 0 Å². The predicted octanol–water partition coefficient (Wildman–Crippen LogP) is 2.44. The van der Waals surface area contributed by atoms with Crippen LogP contribution in [0.1, 0.15) is 37.7 Å². The lowest BCUT2D eigenvalue weighted by molar-refractivity contribution is 0.514. The van der Waals surface area contributed by atoms with Crippen molar-refractivity contribution in [3.8, 4) is 0 Å². The molecule has 2 aromatic rings. The SMILES string of the molecule is CCCn1ncc(Cl)c1C(NCC)c1ccncn1. The van der Waals surface area contributed by atoms with Gasteiger partial charge in [0.25, 0.3) is 0 Å². The smallest absolute Gasteiger partial charge is 0.115 e. The number of hydrogen-bond donors (Lipinski definition) is 1. The highest BCUT2D eigenvalue weighted by molar-refractivity contribution is 6.31. The van der Waals surface area contributed by atoms with E-state index in [0.717, 1.165) is 30.9 Å². The first kappa shape index (κ1) is 14.0. The van der Waals surface area contributed by atoms with E-state index < -0.39 is 0 Å². The third-order valence-electron chi connectivity index (χ3n) is 2.85. The second-order valence-corrected chi connectivity index (χ2v) is 4.63. The number of halogens is 1. The van der Waals surface area contributed by atoms with Gasteiger partial charge in [-0.15, -0.1) is 0 Å². The summed E-state index contributed by atoms with van der Waals surface area (Å²) in [6.07, 6.45) is 5.99. The Morgan fingerprint density at radius 3 is 2.89 bits per heavy atom. The molecule has 19 heavy (non-hydrogen) atoms. The van der Waals surface area contributed by atoms with Crippen molar-refractivity contribution >= 4 is 11.6 Å². The lowest BCUT2D eigenvalue weighted by Gasteiger charge is -2.19. The van der Waals surface area contributed by atoms with Gasteiger partial charge >= 0.3 is 0 Å². The molecule has 0 aliphatic rings. The van der Waals surface area contributed by atoms with Crippen molar-refractivity contribution in [3.05, 3.63) is 41.2 Å². The Kier molecular flexibility index (Phi) is 4.87. The molecule has 1 atom stereocenters. The third-order valence-corrected chi connectivity index (χ3v) is 3.14. The Bertz CT molecular complexity index is 511. The second kappa shape index (κ2) is 6.63. The number of aromatic nitrogens is 4. The van der Waals surface area contributed by atoms with Crippen molar-refractivity contribution in [2.45, 2.75) is 32.9 Å². The summed E-state index contributed by atoms with van der Waals surface area (Å²) in [5, 5.41) is 8.41. The van der Waals surface area contributed by atoms with E-state index in [2.05, 4.69) is 34.2 Å². The van der Waals surface area contributed by atoms with Crippen LogP contribution in [0.5, 0.6) is 0 Å². The minimum atomic E-state index is -0.0606. The van der Waals surface area contributed by atoms with Crippen molar-refractivity contribution in [1.29, 1.82) is 0 Å². The summed E-state index contributed by atoms with van der Waals surface area (Å²) in [6.45, 7) is 5.84. The molecule has 2 heterocycles. The number of hydrogen-bond acceptors (Lipinski definition) is 4. The van der Waals surface area contributed by atoms with Crippen LogP contribution in [0.4, 0.5) is 0 Å². The Morgan fingerprint density at radius 1 is 1.42 bits per heavy atom. The summed E-state index contributed by atoms with van der Waals surface area (Å²) in [7, 11) is 0. The Hall–Kier alpha value is -1.46. The minimum Gasteiger partial charge on any atom is -0.304 e. The van der Waals surface area contributed by atoms with Gasteiger partial charge in [0, 0.05) is 12.7 Å². The molecule has 0 amide bonds. The first-order valence-electron chi connectivity index (χ1n) is 6.48. The maximum Gasteiger partial charge on any atom is 0.115 e. The van der Waals surface area contributed by atoms with Crippen molar-refractivity contribution in [3.63, 3.8) is 0 Å². The molecule has 102 valence electrons. The van der Waals surface area contributed by atoms with Crippen LogP contribution in [0.15, 0.2) is 24.8 Å². The molecule has 6 heteroatoms. The molecule has 0 spiro atoms. The minimum absolute atomic E-state index is 0.0606. The lowest BCUT2D eigenvalue weighted by Crippen LogP contribution is -2.26. The summed E-state index contributed by atoms with van der Waals surface area (Å²) < 4.78 is 1.94. The van der Waals surface area contributed by atoms with E-state index in [9.17, 15) is 0 Å². The number of rotatable bonds is 6. The van der Waals surface area contributed by atoms with E-state index in [1.807, 2.05) is 10.7 Å². The van der Waals surface area contributed by atoms with E-state index in [0.29, 0.717) is 5.02 Å². The number of nitrogens with one attached hydrogen (secondary N) is 1. The molecule has 0 saturated carbocycles. The first-order chi connectivity index (χ1) is 9.27. The average Bonchev–Trinajstić information content (AvgIpc) is 2.79. The largest absolute Gasteiger partial charge is 0.304 e. The second-order valence-electron chi connectivity index (χ2n) is 4.23. The van der Waals surface area contributed by atoms with Crippen LogP contribution in [-0.2, 0) is 6.54 Å². The zero-order chi connectivity index (χ0) is 13.7. The number of aryl methyl sites for hydroxylation is 1. The van der Waals surface area contributed by atoms with Gasteiger partial charge in [-0.05, 0) is 19.0 Å². The van der Waals surface area contributed by atoms with Gasteiger partial charge in [-0.2, -0.15) is 5.10 Å². The molecular weight excluding hydrogens is 262 g/mol. The third kappa shape index (κ3) is 3.11. The highest BCUT2D eigenvalue weighted by atomic mass is 35.5. The van der Waals surface area contributed by atoms with Gasteiger partial charge in [0.05, 0.1) is 28.6 Å². The molecule has 0 saturated heterocycles. The highest BCUT2D eigenvalue weighted by Crippen LogP contribution is 2.27. The van der Waals surface area contributed by atoms with Crippen LogP contribution < -0.4 is 5.32 Å². The van der Waals surface area contributed by atoms with Crippen LogP contribution >= 0.6 is 11.6 Å². The Balaban J connectivity index is 2.42. The maximum absolute atomic E-state index is 6.29. The van der Waals surface area contributed by atoms with Crippen LogP contribution in [0.25, 0.3) is 0 Å². The summed E-state index contributed by atoms with van der Waals surface area (Å²) in [5.41, 5.74) is 1.86. The normalized spacial score (nSPS) is 12.6. The van der Waals surface area contributed by atoms with Gasteiger partial charge < -0.3 is 5.32 Å². The van der Waals surface area contributed by atoms with Crippen LogP contribution in [0, 0.1) is 0 Å². The molecule has 0 aromatic carbocycles. The van der Waals surface area contributed by atoms with Crippen LogP contribution in [0.3, 0.4) is 0 Å². The van der Waals surface area contributed by atoms with E-state index in [1.54, 1.807) is 18.7 Å².